The van der Waals surface area contributed by atoms with Crippen LogP contribution in [0.25, 0.3) is 67.4 Å². The number of nitro benzene ring substituents is 3. The van der Waals surface area contributed by atoms with Crippen molar-refractivity contribution in [3.63, 3.8) is 0 Å². The van der Waals surface area contributed by atoms with Crippen LogP contribution in [0.2, 0.25) is 5.28 Å². The number of benzene rings is 8. The van der Waals surface area contributed by atoms with Gasteiger partial charge in [-0.25, -0.2) is 72.3 Å². The third kappa shape index (κ3) is 26.7. The summed E-state index contributed by atoms with van der Waals surface area (Å²) in [6, 6.07) is 47.5. The second-order valence-electron chi connectivity index (χ2n) is 32.5. The summed E-state index contributed by atoms with van der Waals surface area (Å²) in [6.45, 7) is 8.38. The maximum absolute atomic E-state index is 13.9. The van der Waals surface area contributed by atoms with E-state index in [1.54, 1.807) is 96.3 Å². The number of nitrogen functional groups attached to an aromatic ring is 2. The van der Waals surface area contributed by atoms with E-state index in [9.17, 15) is 63.1 Å². The molecule has 8 aromatic heterocycles. The summed E-state index contributed by atoms with van der Waals surface area (Å²) in [4.78, 5) is 136. The van der Waals surface area contributed by atoms with Crippen molar-refractivity contribution in [3.05, 3.63) is 331 Å². The van der Waals surface area contributed by atoms with Gasteiger partial charge in [0.2, 0.25) is 22.2 Å². The van der Waals surface area contributed by atoms with Crippen molar-refractivity contribution in [2.45, 2.75) is 19.3 Å². The van der Waals surface area contributed by atoms with Crippen LogP contribution in [0.5, 0.6) is 23.0 Å². The van der Waals surface area contributed by atoms with Crippen LogP contribution in [0.4, 0.5) is 48.6 Å². The van der Waals surface area contributed by atoms with Crippen molar-refractivity contribution in [1.29, 1.82) is 0 Å². The largest absolute Gasteiger partial charge is 0.496 e. The van der Waals surface area contributed by atoms with E-state index in [1.165, 1.54) is 58.1 Å². The fourth-order valence-electron chi connectivity index (χ4n) is 14.7. The lowest BCUT2D eigenvalue weighted by molar-refractivity contribution is -0.387. The minimum absolute atomic E-state index is 0.0199. The Bertz CT molecular complexity index is 7540. The third-order valence-electron chi connectivity index (χ3n) is 22.1. The van der Waals surface area contributed by atoms with Crippen molar-refractivity contribution in [2.24, 2.45) is 28.2 Å². The smallest absolute Gasteiger partial charge is 0.334 e. The first kappa shape index (κ1) is 108. The van der Waals surface area contributed by atoms with Crippen molar-refractivity contribution >= 4 is 112 Å². The molecule has 46 heteroatoms. The van der Waals surface area contributed by atoms with Crippen LogP contribution in [0.1, 0.15) is 34.2 Å². The van der Waals surface area contributed by atoms with Crippen LogP contribution in [0, 0.1) is 42.0 Å². The summed E-state index contributed by atoms with van der Waals surface area (Å²) >= 11 is 10.5. The summed E-state index contributed by atoms with van der Waals surface area (Å²) in [6.07, 6.45) is 7.98. The quantitative estimate of drug-likeness (QED) is 0.00978. The minimum Gasteiger partial charge on any atom is -0.496 e. The van der Waals surface area contributed by atoms with Gasteiger partial charge in [-0.1, -0.05) is 55.1 Å². The van der Waals surface area contributed by atoms with Gasteiger partial charge in [-0.15, -0.1) is 0 Å². The van der Waals surface area contributed by atoms with Gasteiger partial charge in [0, 0.05) is 191 Å². The molecule has 5 N–H and O–H groups in total. The minimum atomic E-state index is -0.988. The molecule has 8 heterocycles. The number of para-hydroxylation sites is 8. The number of fused-ring (bicyclic) bond motifs is 4. The number of aryl methyl sites for hydroxylation is 4. The number of hydrogen-bond donors (Lipinski definition) is 3. The molecule has 0 radical (unpaired) electrons. The summed E-state index contributed by atoms with van der Waals surface area (Å²) in [5, 5.41) is 35.9. The number of allylic oxidation sites excluding steroid dienone is 1. The number of rotatable bonds is 29. The first-order valence-electron chi connectivity index (χ1n) is 43.7. The highest BCUT2D eigenvalue weighted by atomic mass is 35.5. The number of ether oxygens (including phenoxy) is 4. The lowest BCUT2D eigenvalue weighted by Gasteiger charge is -2.24. The number of methoxy groups -OCH3 is 4. The predicted octanol–water partition coefficient (Wildman–Crippen LogP) is 11.5. The Balaban J connectivity index is 0.000000184. The molecule has 0 fully saturated rings. The summed E-state index contributed by atoms with van der Waals surface area (Å²) in [5.74, 6) is 2.57. The zero-order chi connectivity index (χ0) is 104. The Kier molecular flexibility index (Phi) is 37.8. The number of likely N-dealkylation sites (N-methyl/N-ethyl adjacent to an activating group) is 6. The van der Waals surface area contributed by atoms with Crippen molar-refractivity contribution in [1.82, 2.24) is 96.4 Å². The fraction of sp³-hybridized carbons (Fsp3) is 0.268. The van der Waals surface area contributed by atoms with Crippen molar-refractivity contribution in [2.75, 3.05) is 152 Å². The Morgan fingerprint density at radius 1 is 0.420 bits per heavy atom. The van der Waals surface area contributed by atoms with Crippen LogP contribution in [-0.4, -0.2) is 242 Å². The molecule has 143 heavy (non-hydrogen) atoms. The van der Waals surface area contributed by atoms with Gasteiger partial charge in [-0.3, -0.25) is 53.4 Å². The predicted molar refractivity (Wildman–Crippen MR) is 548 cm³/mol. The molecule has 16 rings (SSSR count). The Morgan fingerprint density at radius 3 is 1.03 bits per heavy atom. The number of hydrogen-bond acceptors (Lipinski definition) is 31. The second kappa shape index (κ2) is 49.8. The Hall–Kier alpha value is -16.6. The number of aromatic nitrogens is 16. The monoisotopic (exact) mass is 2000 g/mol. The molecule has 0 bridgehead atoms. The zero-order valence-electron chi connectivity index (χ0n) is 81.6. The molecule has 0 saturated carbocycles. The van der Waals surface area contributed by atoms with Crippen LogP contribution < -0.4 is 68.3 Å². The number of nitro groups is 3. The fourth-order valence-corrected chi connectivity index (χ4v) is 14.8. The Labute approximate surface area is 828 Å². The molecule has 0 amide bonds. The van der Waals surface area contributed by atoms with E-state index in [0.717, 1.165) is 119 Å². The number of imidazole rings is 4. The number of nitrogens with zero attached hydrogens (tertiary/aromatic N) is 24. The molecule has 0 aliphatic heterocycles. The van der Waals surface area contributed by atoms with Gasteiger partial charge in [0.1, 0.15) is 69.4 Å². The van der Waals surface area contributed by atoms with Gasteiger partial charge in [0.15, 0.2) is 0 Å². The van der Waals surface area contributed by atoms with E-state index < -0.39 is 43.0 Å². The van der Waals surface area contributed by atoms with Gasteiger partial charge < -0.3 is 60.2 Å². The van der Waals surface area contributed by atoms with Gasteiger partial charge in [0.05, 0.1) is 104 Å². The summed E-state index contributed by atoms with van der Waals surface area (Å²) in [5.41, 5.74) is 19.7. The first-order chi connectivity index (χ1) is 68.2. The molecule has 0 saturated heterocycles. The third-order valence-corrected chi connectivity index (χ3v) is 22.4. The number of carbonyl (C=O) groups is 1. The van der Waals surface area contributed by atoms with Crippen molar-refractivity contribution < 1.29 is 47.3 Å². The van der Waals surface area contributed by atoms with Gasteiger partial charge >= 0.3 is 34.1 Å². The average Bonchev–Trinajstić information content (AvgIpc) is 1.65. The van der Waals surface area contributed by atoms with E-state index in [2.05, 4.69) is 80.3 Å². The van der Waals surface area contributed by atoms with E-state index in [-0.39, 0.29) is 63.8 Å². The van der Waals surface area contributed by atoms with E-state index in [1.807, 2.05) is 168 Å². The summed E-state index contributed by atoms with van der Waals surface area (Å²) < 4.78 is 60.3. The SMILES string of the molecule is C=CC(=O)Cl.CNCCN(C)C.COc1cc(F)c([N+](=O)[O-])cc1Cc1nccc(-n2c(=O)n(C)c3ccccc32)n1.COc1cc(F)c([N+](=O)[O-])cc1N.COc1cc(N(C)CCN(C)C)c(N)cc1Cc1nccc(-n2c(=O)n(C)c3ccccc32)n1.COc1cc(N(C)CCN(C)C)c([N+](=O)[O-])cc1Cc1nccc(-n2c(=O)n(C)c3ccccc32)n1.Cn1c(=O)n(-c2ccnc(Cl)n2)c2ccccc21. The molecule has 8 aromatic carbocycles. The Morgan fingerprint density at radius 2 is 0.713 bits per heavy atom. The topological polar surface area (TPSA) is 475 Å². The summed E-state index contributed by atoms with van der Waals surface area (Å²) in [7, 11) is 30.6. The van der Waals surface area contributed by atoms with Crippen LogP contribution >= 0.6 is 23.2 Å². The van der Waals surface area contributed by atoms with E-state index in [4.69, 9.17) is 53.9 Å². The highest BCUT2D eigenvalue weighted by Crippen LogP contribution is 2.38. The van der Waals surface area contributed by atoms with Crippen molar-refractivity contribution in [3.8, 4) is 46.3 Å². The average molecular weight is 2000 g/mol. The standard InChI is InChI=1S/C25H29N7O4.C25H31N7O2.C20H16FN5O4.C12H9ClN4O.C7H7FN2O3.C5H14N2.C3H3ClO/c1-28(2)12-13-29(3)20-16-22(36-5)17(14-21(20)32(34)35)15-23-26-11-10-24(27-23)31-19-9-7-6-8-18(19)30(4)25(31)33;1-29(2)12-13-30(3)21-16-22(34-5)17(14-18(21)26)15-23-27-11-10-24(28-23)32-20-9-7-6-8-19(20)31(4)25(32)33;1-24-14-5-3-4-6-15(14)25(20(24)27)19-7-8-22-18(23-19)10-12-9-16(26(28)29)13(21)11-17(12)30-2;1-16-8-4-2-3-5-9(8)17(12(16)18)10-6-7-14-11(13)15-10;1-13-7-2-4(8)6(10(11)12)3-5(7)9;1-6-4-5-7(2)3;1-2-3(4)5/h6-11,14,16H,12-13,15H2,1-5H3;6-11,14,16H,12-13,15,26H2,1-5H3;3-9,11H,10H2,1-2H3;2-7H,1H3;2-3H,9H2,1H3;6H,4-5H2,1-3H3;2H,1H2. The van der Waals surface area contributed by atoms with Gasteiger partial charge in [0.25, 0.3) is 5.69 Å². The molecular weight excluding hydrogens is 1890 g/mol. The number of nitrogens with one attached hydrogen (secondary N) is 1. The van der Waals surface area contributed by atoms with E-state index >= 15 is 0 Å². The first-order valence-corrected chi connectivity index (χ1v) is 44.5. The van der Waals surface area contributed by atoms with Crippen LogP contribution in [0.15, 0.2) is 226 Å². The molecular formula is C97H109Cl2F2N27O15. The lowest BCUT2D eigenvalue weighted by atomic mass is 10.1. The normalized spacial score (nSPS) is 10.9. The molecule has 0 unspecified atom stereocenters. The molecule has 0 aliphatic rings. The maximum Gasteiger partial charge on any atom is 0.334 e. The zero-order valence-corrected chi connectivity index (χ0v) is 83.2. The molecule has 42 nitrogen and oxygen atoms in total. The highest BCUT2D eigenvalue weighted by molar-refractivity contribution is 6.66. The molecule has 750 valence electrons. The number of nitrogens with two attached hydrogens (primary N) is 2. The van der Waals surface area contributed by atoms with Crippen LogP contribution in [0.3, 0.4) is 0 Å². The van der Waals surface area contributed by atoms with Crippen LogP contribution in [-0.2, 0) is 52.2 Å². The van der Waals surface area contributed by atoms with E-state index in [0.29, 0.717) is 87.5 Å². The molecule has 0 spiro atoms. The molecule has 0 aliphatic carbocycles. The number of anilines is 4. The number of halogens is 4. The molecule has 0 atom stereocenters. The lowest BCUT2D eigenvalue weighted by Crippen LogP contribution is -2.29. The maximum atomic E-state index is 13.9. The van der Waals surface area contributed by atoms with Gasteiger partial charge in [-0.2, -0.15) is 13.8 Å². The number of carbonyl (C=O) groups excluding carboxylic acids is 1. The highest BCUT2D eigenvalue weighted by Gasteiger charge is 2.27. The van der Waals surface area contributed by atoms with Gasteiger partial charge in [-0.05, 0) is 151 Å². The second-order valence-corrected chi connectivity index (χ2v) is 33.3. The molecule has 16 aromatic rings.